The molecule has 5 heteroatoms. The van der Waals surface area contributed by atoms with Crippen molar-refractivity contribution in [3.8, 4) is 23.1 Å². The summed E-state index contributed by atoms with van der Waals surface area (Å²) in [5.41, 5.74) is 2.45. The summed E-state index contributed by atoms with van der Waals surface area (Å²) in [5, 5.41) is 0. The lowest BCUT2D eigenvalue weighted by molar-refractivity contribution is 0.398. The summed E-state index contributed by atoms with van der Waals surface area (Å²) >= 11 is 0. The molecule has 0 aliphatic heterocycles. The quantitative estimate of drug-likeness (QED) is 0.781. The van der Waals surface area contributed by atoms with Gasteiger partial charge in [0.05, 0.1) is 19.7 Å². The third-order valence-corrected chi connectivity index (χ3v) is 2.87. The van der Waals surface area contributed by atoms with Gasteiger partial charge in [0.2, 0.25) is 5.88 Å². The second kappa shape index (κ2) is 4.61. The summed E-state index contributed by atoms with van der Waals surface area (Å²) in [7, 11) is 3.22. The van der Waals surface area contributed by atoms with Crippen molar-refractivity contribution in [2.75, 3.05) is 14.2 Å². The molecule has 3 rings (SSSR count). The van der Waals surface area contributed by atoms with Crippen molar-refractivity contribution >= 4 is 11.0 Å². The van der Waals surface area contributed by atoms with Gasteiger partial charge in [-0.1, -0.05) is 12.1 Å². The van der Waals surface area contributed by atoms with Crippen LogP contribution in [0.25, 0.3) is 22.6 Å². The number of nitrogens with one attached hydrogen (secondary N) is 1. The van der Waals surface area contributed by atoms with Crippen molar-refractivity contribution in [2.45, 2.75) is 0 Å². The van der Waals surface area contributed by atoms with E-state index in [0.717, 1.165) is 22.5 Å². The molecule has 0 aliphatic rings. The molecule has 0 saturated heterocycles. The molecule has 2 aromatic heterocycles. The lowest BCUT2D eigenvalue weighted by Gasteiger charge is -2.00. The number of methoxy groups -OCH3 is 2. The van der Waals surface area contributed by atoms with Crippen LogP contribution in [0.5, 0.6) is 11.6 Å². The first-order valence-corrected chi connectivity index (χ1v) is 5.86. The Balaban J connectivity index is 2.15. The van der Waals surface area contributed by atoms with Crippen LogP contribution in [-0.2, 0) is 0 Å². The minimum Gasteiger partial charge on any atom is -0.494 e. The second-order valence-corrected chi connectivity index (χ2v) is 4.01. The maximum absolute atomic E-state index is 5.29. The van der Waals surface area contributed by atoms with E-state index in [1.807, 2.05) is 30.3 Å². The van der Waals surface area contributed by atoms with Crippen LogP contribution in [0, 0.1) is 0 Å². The predicted octanol–water partition coefficient (Wildman–Crippen LogP) is 2.64. The summed E-state index contributed by atoms with van der Waals surface area (Å²) in [5.74, 6) is 1.99. The fourth-order valence-electron chi connectivity index (χ4n) is 1.95. The van der Waals surface area contributed by atoms with E-state index < -0.39 is 0 Å². The Labute approximate surface area is 110 Å². The van der Waals surface area contributed by atoms with Crippen LogP contribution < -0.4 is 9.47 Å². The number of pyridine rings is 1. The number of nitrogens with zero attached hydrogens (tertiary/aromatic N) is 2. The zero-order valence-corrected chi connectivity index (χ0v) is 10.7. The Bertz CT molecular complexity index is 722. The number of benzene rings is 1. The minimum absolute atomic E-state index is 0.560. The Kier molecular flexibility index (Phi) is 2.79. The predicted molar refractivity (Wildman–Crippen MR) is 72.4 cm³/mol. The van der Waals surface area contributed by atoms with Gasteiger partial charge in [0, 0.05) is 6.07 Å². The highest BCUT2D eigenvalue weighted by Crippen LogP contribution is 2.26. The summed E-state index contributed by atoms with van der Waals surface area (Å²) in [4.78, 5) is 12.1. The summed E-state index contributed by atoms with van der Waals surface area (Å²) in [6, 6.07) is 11.3. The molecule has 0 bridgehead atoms. The summed E-state index contributed by atoms with van der Waals surface area (Å²) in [6.45, 7) is 0. The van der Waals surface area contributed by atoms with Crippen LogP contribution in [0.1, 0.15) is 0 Å². The number of rotatable bonds is 3. The number of H-pyrrole nitrogens is 1. The average Bonchev–Trinajstić information content (AvgIpc) is 2.91. The molecule has 96 valence electrons. The van der Waals surface area contributed by atoms with Crippen LogP contribution in [0.2, 0.25) is 0 Å². The van der Waals surface area contributed by atoms with Gasteiger partial charge in [-0.15, -0.1) is 0 Å². The Morgan fingerprint density at radius 3 is 2.58 bits per heavy atom. The zero-order chi connectivity index (χ0) is 13.2. The number of aromatic nitrogens is 3. The van der Waals surface area contributed by atoms with Crippen molar-refractivity contribution in [2.24, 2.45) is 0 Å². The lowest BCUT2D eigenvalue weighted by Crippen LogP contribution is -1.90. The van der Waals surface area contributed by atoms with Crippen LogP contribution >= 0.6 is 0 Å². The smallest absolute Gasteiger partial charge is 0.213 e. The van der Waals surface area contributed by atoms with Crippen molar-refractivity contribution in [1.29, 1.82) is 0 Å². The molecular formula is C14H13N3O2. The first-order chi connectivity index (χ1) is 9.31. The molecule has 0 spiro atoms. The Morgan fingerprint density at radius 2 is 1.79 bits per heavy atom. The van der Waals surface area contributed by atoms with E-state index in [4.69, 9.17) is 9.47 Å². The largest absolute Gasteiger partial charge is 0.494 e. The summed E-state index contributed by atoms with van der Waals surface area (Å²) < 4.78 is 10.4. The van der Waals surface area contributed by atoms with Gasteiger partial charge in [0.1, 0.15) is 17.0 Å². The number of ether oxygens (including phenoxy) is 2. The Morgan fingerprint density at radius 1 is 0.947 bits per heavy atom. The van der Waals surface area contributed by atoms with Gasteiger partial charge in [-0.05, 0) is 18.2 Å². The van der Waals surface area contributed by atoms with Crippen molar-refractivity contribution in [3.63, 3.8) is 0 Å². The van der Waals surface area contributed by atoms with Crippen LogP contribution in [0.4, 0.5) is 0 Å². The number of aromatic amines is 1. The first-order valence-electron chi connectivity index (χ1n) is 5.86. The van der Waals surface area contributed by atoms with E-state index in [1.165, 1.54) is 0 Å². The molecule has 1 aromatic carbocycles. The number of fused-ring (bicyclic) bond motifs is 1. The molecule has 0 unspecified atom stereocenters. The third-order valence-electron chi connectivity index (χ3n) is 2.87. The Hall–Kier alpha value is -2.56. The molecule has 5 nitrogen and oxygen atoms in total. The molecular weight excluding hydrogens is 242 g/mol. The number of hydrogen-bond acceptors (Lipinski definition) is 4. The fourth-order valence-corrected chi connectivity index (χ4v) is 1.95. The molecule has 0 amide bonds. The highest BCUT2D eigenvalue weighted by atomic mass is 16.5. The van der Waals surface area contributed by atoms with Gasteiger partial charge in [-0.2, -0.15) is 0 Å². The van der Waals surface area contributed by atoms with Gasteiger partial charge in [-0.3, -0.25) is 0 Å². The molecule has 0 aliphatic carbocycles. The minimum atomic E-state index is 0.560. The molecule has 0 saturated carbocycles. The standard InChI is InChI=1S/C14H13N3O2/c1-18-11-7-3-5-9-13(11)17-14(16-9)10-6-4-8-12(15-10)19-2/h3-8H,1-2H3,(H,16,17). The van der Waals surface area contributed by atoms with Crippen molar-refractivity contribution in [3.05, 3.63) is 36.4 Å². The molecule has 0 radical (unpaired) electrons. The number of imidazole rings is 1. The van der Waals surface area contributed by atoms with Crippen LogP contribution in [-0.4, -0.2) is 29.2 Å². The molecule has 0 fully saturated rings. The van der Waals surface area contributed by atoms with Crippen LogP contribution in [0.15, 0.2) is 36.4 Å². The van der Waals surface area contributed by atoms with E-state index in [9.17, 15) is 0 Å². The lowest BCUT2D eigenvalue weighted by atomic mass is 10.3. The topological polar surface area (TPSA) is 60.0 Å². The molecule has 1 N–H and O–H groups in total. The first kappa shape index (κ1) is 11.5. The highest BCUT2D eigenvalue weighted by molar-refractivity contribution is 5.84. The molecule has 19 heavy (non-hydrogen) atoms. The average molecular weight is 255 g/mol. The maximum atomic E-state index is 5.29. The maximum Gasteiger partial charge on any atom is 0.213 e. The fraction of sp³-hybridized carbons (Fsp3) is 0.143. The third kappa shape index (κ3) is 1.99. The highest BCUT2D eigenvalue weighted by Gasteiger charge is 2.10. The molecule has 3 aromatic rings. The van der Waals surface area contributed by atoms with Gasteiger partial charge in [-0.25, -0.2) is 9.97 Å². The second-order valence-electron chi connectivity index (χ2n) is 4.01. The summed E-state index contributed by atoms with van der Waals surface area (Å²) in [6.07, 6.45) is 0. The van der Waals surface area contributed by atoms with E-state index in [-0.39, 0.29) is 0 Å². The number of hydrogen-bond donors (Lipinski definition) is 1. The van der Waals surface area contributed by atoms with Crippen LogP contribution in [0.3, 0.4) is 0 Å². The number of para-hydroxylation sites is 1. The van der Waals surface area contributed by atoms with E-state index in [0.29, 0.717) is 11.7 Å². The monoisotopic (exact) mass is 255 g/mol. The van der Waals surface area contributed by atoms with E-state index >= 15 is 0 Å². The van der Waals surface area contributed by atoms with Crippen molar-refractivity contribution < 1.29 is 9.47 Å². The van der Waals surface area contributed by atoms with Gasteiger partial charge < -0.3 is 14.5 Å². The van der Waals surface area contributed by atoms with E-state index in [1.54, 1.807) is 20.3 Å². The van der Waals surface area contributed by atoms with Crippen molar-refractivity contribution in [1.82, 2.24) is 15.0 Å². The zero-order valence-electron chi connectivity index (χ0n) is 10.7. The molecule has 2 heterocycles. The SMILES string of the molecule is COc1cccc(-c2nc3c(OC)cccc3[nH]2)n1. The molecule has 0 atom stereocenters. The van der Waals surface area contributed by atoms with Gasteiger partial charge in [0.15, 0.2) is 5.82 Å². The van der Waals surface area contributed by atoms with Gasteiger partial charge in [0.25, 0.3) is 0 Å². The van der Waals surface area contributed by atoms with Gasteiger partial charge >= 0.3 is 0 Å². The normalized spacial score (nSPS) is 10.6. The van der Waals surface area contributed by atoms with E-state index in [2.05, 4.69) is 15.0 Å².